The van der Waals surface area contributed by atoms with E-state index in [2.05, 4.69) is 10.1 Å². The largest absolute Gasteiger partial charge is 0.288 e. The Morgan fingerprint density at radius 1 is 0.970 bits per heavy atom. The van der Waals surface area contributed by atoms with Crippen LogP contribution in [0.5, 0.6) is 0 Å². The molecule has 2 atom stereocenters. The fourth-order valence-corrected chi connectivity index (χ4v) is 4.45. The molecule has 9 heteroatoms. The molecule has 2 heterocycles. The quantitative estimate of drug-likeness (QED) is 0.308. The van der Waals surface area contributed by atoms with Crippen molar-refractivity contribution in [3.05, 3.63) is 117 Å². The van der Waals surface area contributed by atoms with E-state index in [1.807, 2.05) is 60.7 Å². The number of benzene rings is 3. The van der Waals surface area contributed by atoms with Crippen molar-refractivity contribution in [3.63, 3.8) is 0 Å². The second-order valence-electron chi connectivity index (χ2n) is 7.69. The van der Waals surface area contributed by atoms with Gasteiger partial charge < -0.3 is 0 Å². The number of carbonyl (C=O) groups excluding carboxylic acids is 1. The number of carbonyl (C=O) groups is 1. The van der Waals surface area contributed by atoms with Gasteiger partial charge in [-0.2, -0.15) is 10.1 Å². The van der Waals surface area contributed by atoms with E-state index < -0.39 is 10.8 Å². The highest BCUT2D eigenvalue weighted by Gasteiger charge is 2.40. The summed E-state index contributed by atoms with van der Waals surface area (Å²) < 4.78 is 1.73. The Kier molecular flexibility index (Phi) is 5.35. The summed E-state index contributed by atoms with van der Waals surface area (Å²) >= 11 is 5.96. The lowest BCUT2D eigenvalue weighted by Gasteiger charge is -2.39. The zero-order chi connectivity index (χ0) is 22.9. The first-order valence-electron chi connectivity index (χ1n) is 10.3. The van der Waals surface area contributed by atoms with Gasteiger partial charge in [-0.25, -0.2) is 4.68 Å². The zero-order valence-corrected chi connectivity index (χ0v) is 18.0. The molecule has 164 valence electrons. The van der Waals surface area contributed by atoms with Gasteiger partial charge >= 0.3 is 0 Å². The normalized spacial score (nSPS) is 17.4. The Bertz CT molecular complexity index is 1330. The van der Waals surface area contributed by atoms with Gasteiger partial charge in [0.05, 0.1) is 17.0 Å². The standard InChI is InChI=1S/C24H18ClN5O3/c25-19-12-11-18(13-22(19)30(32)33)23(31)28-20(16-7-3-1-4-8-16)14-21(17-9-5-2-6-10-17)29-24(28)26-15-27-29/h1-13,15,20-21H,14H2/t20-,21-/m1/s1. The van der Waals surface area contributed by atoms with E-state index in [1.165, 1.54) is 24.5 Å². The minimum absolute atomic E-state index is 0.0258. The second kappa shape index (κ2) is 8.48. The second-order valence-corrected chi connectivity index (χ2v) is 8.10. The highest BCUT2D eigenvalue weighted by atomic mass is 35.5. The van der Waals surface area contributed by atoms with Gasteiger partial charge in [-0.05, 0) is 29.7 Å². The fraction of sp³-hybridized carbons (Fsp3) is 0.125. The predicted octanol–water partition coefficient (Wildman–Crippen LogP) is 5.22. The van der Waals surface area contributed by atoms with Crippen LogP contribution in [0.15, 0.2) is 85.2 Å². The number of hydrogen-bond donors (Lipinski definition) is 0. The molecule has 0 N–H and O–H groups in total. The van der Waals surface area contributed by atoms with Crippen LogP contribution in [0.3, 0.4) is 0 Å². The van der Waals surface area contributed by atoms with Crippen molar-refractivity contribution in [2.45, 2.75) is 18.5 Å². The van der Waals surface area contributed by atoms with E-state index in [4.69, 9.17) is 11.6 Å². The van der Waals surface area contributed by atoms with Crippen molar-refractivity contribution in [2.24, 2.45) is 0 Å². The molecule has 8 nitrogen and oxygen atoms in total. The maximum Gasteiger partial charge on any atom is 0.288 e. The molecule has 4 aromatic rings. The topological polar surface area (TPSA) is 94.2 Å². The molecule has 0 radical (unpaired) electrons. The fourth-order valence-electron chi connectivity index (χ4n) is 4.26. The maximum atomic E-state index is 13.8. The summed E-state index contributed by atoms with van der Waals surface area (Å²) in [6.07, 6.45) is 1.98. The molecule has 0 spiro atoms. The van der Waals surface area contributed by atoms with Crippen LogP contribution in [0, 0.1) is 10.1 Å². The van der Waals surface area contributed by atoms with Crippen LogP contribution in [-0.2, 0) is 0 Å². The van der Waals surface area contributed by atoms with Gasteiger partial charge in [0.25, 0.3) is 11.6 Å². The zero-order valence-electron chi connectivity index (χ0n) is 17.3. The van der Waals surface area contributed by atoms with Gasteiger partial charge in [0.15, 0.2) is 0 Å². The van der Waals surface area contributed by atoms with Gasteiger partial charge in [-0.15, -0.1) is 0 Å². The van der Waals surface area contributed by atoms with Gasteiger partial charge in [0, 0.05) is 11.6 Å². The maximum absolute atomic E-state index is 13.8. The minimum atomic E-state index is -0.599. The summed E-state index contributed by atoms with van der Waals surface area (Å²) in [5.41, 5.74) is 1.82. The van der Waals surface area contributed by atoms with E-state index in [0.29, 0.717) is 12.4 Å². The van der Waals surface area contributed by atoms with Gasteiger partial charge in [0.1, 0.15) is 11.3 Å². The van der Waals surface area contributed by atoms with Gasteiger partial charge in [0.2, 0.25) is 5.95 Å². The number of nitro benzene ring substituents is 1. The molecule has 33 heavy (non-hydrogen) atoms. The number of amides is 1. The van der Waals surface area contributed by atoms with Crippen molar-refractivity contribution in [1.29, 1.82) is 0 Å². The number of nitro groups is 1. The number of anilines is 1. The van der Waals surface area contributed by atoms with Crippen LogP contribution in [0.1, 0.15) is 40.0 Å². The summed E-state index contributed by atoms with van der Waals surface area (Å²) in [6.45, 7) is 0. The van der Waals surface area contributed by atoms with E-state index in [-0.39, 0.29) is 28.4 Å². The van der Waals surface area contributed by atoms with Gasteiger partial charge in [-0.1, -0.05) is 72.3 Å². The summed E-state index contributed by atoms with van der Waals surface area (Å²) in [5.74, 6) is -0.0315. The number of aromatic nitrogens is 3. The summed E-state index contributed by atoms with van der Waals surface area (Å²) in [4.78, 5) is 30.5. The molecule has 3 aromatic carbocycles. The molecule has 5 rings (SSSR count). The molecule has 1 amide bonds. The molecule has 0 aliphatic carbocycles. The number of hydrogen-bond acceptors (Lipinski definition) is 5. The third kappa shape index (κ3) is 3.74. The Morgan fingerprint density at radius 3 is 2.24 bits per heavy atom. The molecule has 1 aliphatic rings. The number of rotatable bonds is 4. The third-order valence-corrected chi connectivity index (χ3v) is 6.12. The van der Waals surface area contributed by atoms with Crippen molar-refractivity contribution in [1.82, 2.24) is 14.8 Å². The third-order valence-electron chi connectivity index (χ3n) is 5.80. The summed E-state index contributed by atoms with van der Waals surface area (Å²) in [6, 6.07) is 23.2. The highest BCUT2D eigenvalue weighted by molar-refractivity contribution is 6.32. The summed E-state index contributed by atoms with van der Waals surface area (Å²) in [5, 5.41) is 15.8. The van der Waals surface area contributed by atoms with Crippen molar-refractivity contribution in [2.75, 3.05) is 4.90 Å². The van der Waals surface area contributed by atoms with Crippen LogP contribution >= 0.6 is 11.6 Å². The van der Waals surface area contributed by atoms with E-state index >= 15 is 0 Å². The monoisotopic (exact) mass is 459 g/mol. The number of halogens is 1. The van der Waals surface area contributed by atoms with Crippen LogP contribution in [-0.4, -0.2) is 25.6 Å². The molecule has 0 saturated carbocycles. The Labute approximate surface area is 194 Å². The highest BCUT2D eigenvalue weighted by Crippen LogP contribution is 2.42. The van der Waals surface area contributed by atoms with Crippen LogP contribution in [0.25, 0.3) is 0 Å². The van der Waals surface area contributed by atoms with Crippen LogP contribution in [0.4, 0.5) is 11.6 Å². The van der Waals surface area contributed by atoms with E-state index in [1.54, 1.807) is 9.58 Å². The molecule has 0 unspecified atom stereocenters. The first-order chi connectivity index (χ1) is 16.0. The smallest absolute Gasteiger partial charge is 0.269 e. The molecular formula is C24H18ClN5O3. The average molecular weight is 460 g/mol. The van der Waals surface area contributed by atoms with Crippen LogP contribution in [0.2, 0.25) is 5.02 Å². The molecule has 1 aliphatic heterocycles. The molecule has 1 aromatic heterocycles. The Morgan fingerprint density at radius 2 is 1.61 bits per heavy atom. The SMILES string of the molecule is O=C(c1ccc(Cl)c([N+](=O)[O-])c1)N1c2ncnn2[C@@H](c2ccccc2)C[C@@H]1c1ccccc1. The first kappa shape index (κ1) is 20.8. The lowest BCUT2D eigenvalue weighted by Crippen LogP contribution is -2.42. The van der Waals surface area contributed by atoms with Gasteiger partial charge in [-0.3, -0.25) is 19.8 Å². The Balaban J connectivity index is 1.65. The lowest BCUT2D eigenvalue weighted by molar-refractivity contribution is -0.384. The van der Waals surface area contributed by atoms with Crippen LogP contribution < -0.4 is 4.90 Å². The van der Waals surface area contributed by atoms with Crippen molar-refractivity contribution < 1.29 is 9.72 Å². The average Bonchev–Trinajstić information content (AvgIpc) is 3.33. The molecule has 0 fully saturated rings. The summed E-state index contributed by atoms with van der Waals surface area (Å²) in [7, 11) is 0. The van der Waals surface area contributed by atoms with Crippen molar-refractivity contribution >= 4 is 29.1 Å². The first-order valence-corrected chi connectivity index (χ1v) is 10.7. The lowest BCUT2D eigenvalue weighted by atomic mass is 9.91. The molecular weight excluding hydrogens is 442 g/mol. The molecule has 0 bridgehead atoms. The predicted molar refractivity (Wildman–Crippen MR) is 123 cm³/mol. The minimum Gasteiger partial charge on any atom is -0.269 e. The number of nitrogens with zero attached hydrogens (tertiary/aromatic N) is 5. The Hall–Kier alpha value is -4.04. The molecule has 0 saturated heterocycles. The van der Waals surface area contributed by atoms with Crippen molar-refractivity contribution in [3.8, 4) is 0 Å². The number of fused-ring (bicyclic) bond motifs is 1. The van der Waals surface area contributed by atoms with E-state index in [9.17, 15) is 14.9 Å². The van der Waals surface area contributed by atoms with E-state index in [0.717, 1.165) is 11.1 Å².